The zero-order valence-corrected chi connectivity index (χ0v) is 16.3. The molecule has 1 aliphatic rings. The van der Waals surface area contributed by atoms with Crippen molar-refractivity contribution >= 4 is 11.7 Å². The van der Waals surface area contributed by atoms with Crippen molar-refractivity contribution < 1.29 is 23.4 Å². The molecule has 31 heavy (non-hydrogen) atoms. The molecule has 0 spiro atoms. The summed E-state index contributed by atoms with van der Waals surface area (Å²) in [6.45, 7) is 0.993. The summed E-state index contributed by atoms with van der Waals surface area (Å²) in [7, 11) is 0. The Bertz CT molecular complexity index is 1040. The van der Waals surface area contributed by atoms with Crippen LogP contribution in [0.2, 0.25) is 0 Å². The number of aliphatic hydroxyl groups excluding tert-OH is 1. The second-order valence-electron chi connectivity index (χ2n) is 6.73. The maximum atomic E-state index is 12.8. The fourth-order valence-electron chi connectivity index (χ4n) is 3.10. The lowest BCUT2D eigenvalue weighted by Crippen LogP contribution is -2.48. The van der Waals surface area contributed by atoms with Crippen molar-refractivity contribution in [3.05, 3.63) is 53.3 Å². The summed E-state index contributed by atoms with van der Waals surface area (Å²) in [6.07, 6.45) is -2.57. The number of aliphatic hydroxyl groups is 1. The van der Waals surface area contributed by atoms with E-state index >= 15 is 0 Å². The minimum Gasteiger partial charge on any atom is -0.470 e. The molecule has 1 aliphatic heterocycles. The highest BCUT2D eigenvalue weighted by atomic mass is 19.3. The van der Waals surface area contributed by atoms with Crippen LogP contribution in [0, 0.1) is 0 Å². The summed E-state index contributed by atoms with van der Waals surface area (Å²) < 4.78 is 32.7. The summed E-state index contributed by atoms with van der Waals surface area (Å²) in [5.41, 5.74) is 1.14. The second kappa shape index (κ2) is 9.00. The molecule has 2 N–H and O–H groups in total. The predicted molar refractivity (Wildman–Crippen MR) is 104 cm³/mol. The lowest BCUT2D eigenvalue weighted by Gasteiger charge is -2.26. The molecule has 0 saturated carbocycles. The van der Waals surface area contributed by atoms with E-state index in [-0.39, 0.29) is 37.1 Å². The van der Waals surface area contributed by atoms with Gasteiger partial charge in [0.05, 0.1) is 18.8 Å². The molecule has 0 aliphatic carbocycles. The van der Waals surface area contributed by atoms with Gasteiger partial charge in [0.1, 0.15) is 18.0 Å². The van der Waals surface area contributed by atoms with Gasteiger partial charge in [0.25, 0.3) is 6.43 Å². The van der Waals surface area contributed by atoms with Gasteiger partial charge < -0.3 is 20.1 Å². The Morgan fingerprint density at radius 2 is 1.94 bits per heavy atom. The molecule has 3 aromatic rings. The molecular formula is C19H19F2N7O3. The van der Waals surface area contributed by atoms with Crippen LogP contribution in [0.1, 0.15) is 23.4 Å². The molecule has 1 saturated heterocycles. The molecule has 0 unspecified atom stereocenters. The fourth-order valence-corrected chi connectivity index (χ4v) is 3.10. The molecule has 0 radical (unpaired) electrons. The Hall–Kier alpha value is -3.67. The number of carbonyl (C=O) groups excluding carboxylic acids is 1. The average Bonchev–Trinajstić information content (AvgIpc) is 3.21. The lowest BCUT2D eigenvalue weighted by atomic mass is 10.2. The third kappa shape index (κ3) is 4.58. The molecule has 4 rings (SSSR count). The van der Waals surface area contributed by atoms with Crippen molar-refractivity contribution in [1.29, 1.82) is 0 Å². The Morgan fingerprint density at radius 1 is 1.13 bits per heavy atom. The predicted octanol–water partition coefficient (Wildman–Crippen LogP) is 1.00. The van der Waals surface area contributed by atoms with Crippen LogP contribution >= 0.6 is 0 Å². The van der Waals surface area contributed by atoms with Crippen LogP contribution in [0.25, 0.3) is 5.69 Å². The molecule has 10 nitrogen and oxygen atoms in total. The summed E-state index contributed by atoms with van der Waals surface area (Å²) in [6, 6.07) is 8.91. The van der Waals surface area contributed by atoms with Crippen LogP contribution in [-0.4, -0.2) is 55.8 Å². The molecular weight excluding hydrogens is 412 g/mol. The van der Waals surface area contributed by atoms with Crippen molar-refractivity contribution in [2.45, 2.75) is 19.6 Å². The summed E-state index contributed by atoms with van der Waals surface area (Å²) in [5.74, 6) is 0.714. The SMILES string of the molecule is O=C1CN(c2ccc(OCc3c(CO)nnn3-c3ccc(C(F)F)cc3)nn2)CCN1. The molecule has 3 heterocycles. The number of alkyl halides is 2. The number of halogens is 2. The first-order valence-corrected chi connectivity index (χ1v) is 9.46. The minimum absolute atomic E-state index is 0.0281. The van der Waals surface area contributed by atoms with Gasteiger partial charge >= 0.3 is 0 Å². The second-order valence-corrected chi connectivity index (χ2v) is 6.73. The zero-order valence-electron chi connectivity index (χ0n) is 16.3. The van der Waals surface area contributed by atoms with E-state index in [4.69, 9.17) is 4.74 Å². The van der Waals surface area contributed by atoms with Gasteiger partial charge in [-0.2, -0.15) is 0 Å². The zero-order chi connectivity index (χ0) is 21.8. The number of hydrogen-bond acceptors (Lipinski definition) is 8. The monoisotopic (exact) mass is 431 g/mol. The molecule has 0 atom stereocenters. The molecule has 1 amide bonds. The van der Waals surface area contributed by atoms with E-state index in [0.29, 0.717) is 36.0 Å². The first-order chi connectivity index (χ1) is 15.0. The smallest absolute Gasteiger partial charge is 0.263 e. The van der Waals surface area contributed by atoms with E-state index in [2.05, 4.69) is 25.8 Å². The highest BCUT2D eigenvalue weighted by molar-refractivity contribution is 5.82. The summed E-state index contributed by atoms with van der Waals surface area (Å²) >= 11 is 0. The van der Waals surface area contributed by atoms with E-state index in [1.807, 2.05) is 4.90 Å². The van der Waals surface area contributed by atoms with E-state index in [9.17, 15) is 18.7 Å². The summed E-state index contributed by atoms with van der Waals surface area (Å²) in [4.78, 5) is 13.3. The molecule has 1 fully saturated rings. The molecule has 162 valence electrons. The van der Waals surface area contributed by atoms with Crippen molar-refractivity contribution in [2.75, 3.05) is 24.5 Å². The number of amides is 1. The first-order valence-electron chi connectivity index (χ1n) is 9.46. The number of nitrogens with zero attached hydrogens (tertiary/aromatic N) is 6. The van der Waals surface area contributed by atoms with Crippen LogP contribution in [-0.2, 0) is 18.0 Å². The van der Waals surface area contributed by atoms with Crippen LogP contribution in [0.15, 0.2) is 36.4 Å². The van der Waals surface area contributed by atoms with Gasteiger partial charge in [-0.3, -0.25) is 4.79 Å². The topological polar surface area (TPSA) is 118 Å². The standard InChI is InChI=1S/C19H19F2N7O3/c20-19(21)12-1-3-13(4-2-12)28-15(14(10-29)23-26-28)11-31-18-6-5-16(24-25-18)27-8-7-22-17(30)9-27/h1-6,19,29H,7-11H2,(H,22,30). The van der Waals surface area contributed by atoms with Crippen LogP contribution in [0.5, 0.6) is 5.88 Å². The summed E-state index contributed by atoms with van der Waals surface area (Å²) in [5, 5.41) is 28.3. The molecule has 2 aromatic heterocycles. The number of nitrogens with one attached hydrogen (secondary N) is 1. The van der Waals surface area contributed by atoms with Crippen molar-refractivity contribution in [2.24, 2.45) is 0 Å². The van der Waals surface area contributed by atoms with Gasteiger partial charge in [0, 0.05) is 24.7 Å². The lowest BCUT2D eigenvalue weighted by molar-refractivity contribution is -0.120. The number of rotatable bonds is 7. The average molecular weight is 431 g/mol. The fraction of sp³-hybridized carbons (Fsp3) is 0.316. The van der Waals surface area contributed by atoms with Gasteiger partial charge in [-0.1, -0.05) is 17.3 Å². The minimum atomic E-state index is -2.57. The molecule has 0 bridgehead atoms. The van der Waals surface area contributed by atoms with E-state index in [1.165, 1.54) is 28.9 Å². The Kier molecular flexibility index (Phi) is 5.98. The first kappa shape index (κ1) is 20.6. The third-order valence-electron chi connectivity index (χ3n) is 4.73. The highest BCUT2D eigenvalue weighted by Crippen LogP contribution is 2.22. The number of piperazine rings is 1. The van der Waals surface area contributed by atoms with Gasteiger partial charge in [-0.05, 0) is 18.2 Å². The van der Waals surface area contributed by atoms with Crippen molar-refractivity contribution in [1.82, 2.24) is 30.5 Å². The van der Waals surface area contributed by atoms with E-state index in [1.54, 1.807) is 12.1 Å². The van der Waals surface area contributed by atoms with E-state index in [0.717, 1.165) is 0 Å². The molecule has 1 aromatic carbocycles. The number of ether oxygens (including phenoxy) is 1. The largest absolute Gasteiger partial charge is 0.470 e. The van der Waals surface area contributed by atoms with Crippen LogP contribution in [0.3, 0.4) is 0 Å². The normalized spacial score (nSPS) is 14.1. The Balaban J connectivity index is 1.48. The number of aromatic nitrogens is 5. The van der Waals surface area contributed by atoms with Gasteiger partial charge in [-0.15, -0.1) is 15.3 Å². The number of anilines is 1. The van der Waals surface area contributed by atoms with Gasteiger partial charge in [0.2, 0.25) is 11.8 Å². The number of benzene rings is 1. The highest BCUT2D eigenvalue weighted by Gasteiger charge is 2.19. The molecule has 12 heteroatoms. The van der Waals surface area contributed by atoms with Crippen molar-refractivity contribution in [3.63, 3.8) is 0 Å². The van der Waals surface area contributed by atoms with E-state index < -0.39 is 6.43 Å². The van der Waals surface area contributed by atoms with Crippen LogP contribution in [0.4, 0.5) is 14.6 Å². The quantitative estimate of drug-likeness (QED) is 0.569. The number of carbonyl (C=O) groups is 1. The number of hydrogen-bond donors (Lipinski definition) is 2. The Labute approximate surface area is 175 Å². The maximum Gasteiger partial charge on any atom is 0.263 e. The van der Waals surface area contributed by atoms with Crippen LogP contribution < -0.4 is 15.0 Å². The van der Waals surface area contributed by atoms with Gasteiger partial charge in [0.15, 0.2) is 5.82 Å². The van der Waals surface area contributed by atoms with Crippen molar-refractivity contribution in [3.8, 4) is 11.6 Å². The van der Waals surface area contributed by atoms with Gasteiger partial charge in [-0.25, -0.2) is 13.5 Å². The Morgan fingerprint density at radius 3 is 2.58 bits per heavy atom. The third-order valence-corrected chi connectivity index (χ3v) is 4.73. The maximum absolute atomic E-state index is 12.8.